The summed E-state index contributed by atoms with van der Waals surface area (Å²) < 4.78 is 0. The number of anilines is 1. The van der Waals surface area contributed by atoms with Crippen LogP contribution in [0.25, 0.3) is 54.2 Å². The normalized spacial score (nSPS) is 14.4. The third-order valence-electron chi connectivity index (χ3n) is 9.48. The molecule has 2 heterocycles. The standard InChI is InChI=1S/C40H24N2O4/c1-21-11-13-26(14-12-21)42-39(45)32-18-25-16-23-8-4-6-10-28(23)36(30(25)20-34(32)40(42)46)35-27-9-5-3-7-22(27)15-24-17-31-33(19-29(24)35)38(44)41(2)37(31)43/h3-20H,1-2H3. The van der Waals surface area contributed by atoms with Crippen molar-refractivity contribution in [2.75, 3.05) is 11.9 Å². The lowest BCUT2D eigenvalue weighted by molar-refractivity contribution is 0.0692. The lowest BCUT2D eigenvalue weighted by Crippen LogP contribution is -2.29. The number of hydrogen-bond donors (Lipinski definition) is 0. The summed E-state index contributed by atoms with van der Waals surface area (Å²) in [6.07, 6.45) is 0. The number of hydrogen-bond acceptors (Lipinski definition) is 4. The second kappa shape index (κ2) is 9.19. The molecule has 2 aliphatic rings. The van der Waals surface area contributed by atoms with E-state index in [0.29, 0.717) is 27.9 Å². The zero-order valence-corrected chi connectivity index (χ0v) is 24.9. The molecular weight excluding hydrogens is 572 g/mol. The van der Waals surface area contributed by atoms with Crippen molar-refractivity contribution in [3.05, 3.63) is 137 Å². The number of imide groups is 2. The van der Waals surface area contributed by atoms with Gasteiger partial charge in [-0.05, 0) is 110 Å². The molecule has 0 saturated carbocycles. The Morgan fingerprint density at radius 1 is 0.435 bits per heavy atom. The van der Waals surface area contributed by atoms with Gasteiger partial charge in [0.05, 0.1) is 27.9 Å². The summed E-state index contributed by atoms with van der Waals surface area (Å²) in [7, 11) is 1.50. The fourth-order valence-corrected chi connectivity index (χ4v) is 7.19. The van der Waals surface area contributed by atoms with Gasteiger partial charge in [0, 0.05) is 7.05 Å². The molecule has 7 aromatic carbocycles. The highest BCUT2D eigenvalue weighted by molar-refractivity contribution is 6.36. The minimum Gasteiger partial charge on any atom is -0.277 e. The number of aryl methyl sites for hydroxylation is 1. The summed E-state index contributed by atoms with van der Waals surface area (Å²) in [5.74, 6) is -1.36. The topological polar surface area (TPSA) is 74.8 Å². The molecule has 7 aromatic rings. The molecule has 0 fully saturated rings. The Hall–Kier alpha value is -6.14. The van der Waals surface area contributed by atoms with Crippen LogP contribution in [0.4, 0.5) is 5.69 Å². The quantitative estimate of drug-likeness (QED) is 0.149. The number of carbonyl (C=O) groups is 4. The second-order valence-electron chi connectivity index (χ2n) is 12.1. The van der Waals surface area contributed by atoms with E-state index in [9.17, 15) is 19.2 Å². The average molecular weight is 597 g/mol. The Bertz CT molecular complexity index is 2580. The van der Waals surface area contributed by atoms with Gasteiger partial charge in [-0.25, -0.2) is 4.90 Å². The van der Waals surface area contributed by atoms with Gasteiger partial charge < -0.3 is 0 Å². The fraction of sp³-hybridized carbons (Fsp3) is 0.0500. The Balaban J connectivity index is 1.40. The molecule has 4 amide bonds. The van der Waals surface area contributed by atoms with E-state index >= 15 is 0 Å². The lowest BCUT2D eigenvalue weighted by Gasteiger charge is -2.18. The summed E-state index contributed by atoms with van der Waals surface area (Å²) in [4.78, 5) is 56.2. The van der Waals surface area contributed by atoms with Crippen LogP contribution in [0, 0.1) is 6.92 Å². The minimum atomic E-state index is -0.363. The molecule has 0 aromatic heterocycles. The van der Waals surface area contributed by atoms with Gasteiger partial charge in [-0.3, -0.25) is 24.1 Å². The first kappa shape index (κ1) is 26.3. The molecule has 0 bridgehead atoms. The van der Waals surface area contributed by atoms with Crippen LogP contribution in [0.5, 0.6) is 0 Å². The molecular formula is C40H24N2O4. The molecule has 0 unspecified atom stereocenters. The minimum absolute atomic E-state index is 0.316. The molecule has 0 saturated heterocycles. The maximum atomic E-state index is 13.9. The predicted octanol–water partition coefficient (Wildman–Crippen LogP) is 8.30. The van der Waals surface area contributed by atoms with E-state index in [1.165, 1.54) is 11.9 Å². The first-order valence-corrected chi connectivity index (χ1v) is 15.1. The van der Waals surface area contributed by atoms with E-state index in [1.54, 1.807) is 12.1 Å². The molecule has 0 atom stereocenters. The monoisotopic (exact) mass is 596 g/mol. The van der Waals surface area contributed by atoms with Crippen molar-refractivity contribution in [1.82, 2.24) is 4.90 Å². The number of rotatable bonds is 2. The van der Waals surface area contributed by atoms with Crippen molar-refractivity contribution < 1.29 is 19.2 Å². The number of nitrogens with zero attached hydrogens (tertiary/aromatic N) is 2. The zero-order chi connectivity index (χ0) is 31.4. The van der Waals surface area contributed by atoms with Gasteiger partial charge in [-0.1, -0.05) is 66.2 Å². The molecule has 6 nitrogen and oxygen atoms in total. The second-order valence-corrected chi connectivity index (χ2v) is 12.1. The average Bonchev–Trinajstić information content (AvgIpc) is 3.43. The Morgan fingerprint density at radius 3 is 1.39 bits per heavy atom. The Labute approximate surface area is 263 Å². The number of amides is 4. The number of fused-ring (bicyclic) bond motifs is 6. The SMILES string of the molecule is Cc1ccc(N2C(=O)c3cc4cc5ccccc5c(-c5c6ccccc6cc6cc7c(cc56)C(=O)N(C)C7=O)c4cc3C2=O)cc1. The highest BCUT2D eigenvalue weighted by Crippen LogP contribution is 2.46. The van der Waals surface area contributed by atoms with Crippen LogP contribution in [0.1, 0.15) is 47.0 Å². The summed E-state index contributed by atoms with van der Waals surface area (Å²) in [6.45, 7) is 1.96. The van der Waals surface area contributed by atoms with Crippen molar-refractivity contribution >= 4 is 72.4 Å². The van der Waals surface area contributed by atoms with Crippen LogP contribution in [0.2, 0.25) is 0 Å². The van der Waals surface area contributed by atoms with E-state index in [0.717, 1.165) is 64.7 Å². The van der Waals surface area contributed by atoms with Crippen LogP contribution >= 0.6 is 0 Å². The van der Waals surface area contributed by atoms with Crippen LogP contribution in [0.15, 0.2) is 109 Å². The van der Waals surface area contributed by atoms with E-state index in [-0.39, 0.29) is 23.6 Å². The van der Waals surface area contributed by atoms with E-state index in [1.807, 2.05) is 79.7 Å². The van der Waals surface area contributed by atoms with Gasteiger partial charge >= 0.3 is 0 Å². The molecule has 218 valence electrons. The van der Waals surface area contributed by atoms with Gasteiger partial charge in [0.15, 0.2) is 0 Å². The van der Waals surface area contributed by atoms with Crippen LogP contribution in [-0.4, -0.2) is 35.6 Å². The van der Waals surface area contributed by atoms with Crippen molar-refractivity contribution in [3.8, 4) is 11.1 Å². The number of benzene rings is 7. The Morgan fingerprint density at radius 2 is 0.870 bits per heavy atom. The molecule has 2 aliphatic heterocycles. The van der Waals surface area contributed by atoms with Gasteiger partial charge in [0.2, 0.25) is 0 Å². The van der Waals surface area contributed by atoms with E-state index in [4.69, 9.17) is 0 Å². The number of carbonyl (C=O) groups excluding carboxylic acids is 4. The predicted molar refractivity (Wildman–Crippen MR) is 181 cm³/mol. The maximum absolute atomic E-state index is 13.9. The Kier molecular flexibility index (Phi) is 5.25. The molecule has 0 radical (unpaired) electrons. The summed E-state index contributed by atoms with van der Waals surface area (Å²) in [6, 6.07) is 34.9. The molecule has 46 heavy (non-hydrogen) atoms. The fourth-order valence-electron chi connectivity index (χ4n) is 7.19. The zero-order valence-electron chi connectivity index (χ0n) is 24.9. The van der Waals surface area contributed by atoms with Gasteiger partial charge in [-0.15, -0.1) is 0 Å². The van der Waals surface area contributed by atoms with Crippen molar-refractivity contribution in [1.29, 1.82) is 0 Å². The maximum Gasteiger partial charge on any atom is 0.266 e. The van der Waals surface area contributed by atoms with Gasteiger partial charge in [0.25, 0.3) is 23.6 Å². The first-order valence-electron chi connectivity index (χ1n) is 15.1. The summed E-state index contributed by atoms with van der Waals surface area (Å²) in [5.41, 5.74) is 4.85. The molecule has 0 N–H and O–H groups in total. The van der Waals surface area contributed by atoms with Crippen molar-refractivity contribution in [3.63, 3.8) is 0 Å². The third-order valence-corrected chi connectivity index (χ3v) is 9.48. The molecule has 9 rings (SSSR count). The third kappa shape index (κ3) is 3.46. The largest absolute Gasteiger partial charge is 0.277 e. The van der Waals surface area contributed by atoms with Crippen LogP contribution in [0.3, 0.4) is 0 Å². The first-order chi connectivity index (χ1) is 22.3. The highest BCUT2D eigenvalue weighted by Gasteiger charge is 2.38. The highest BCUT2D eigenvalue weighted by atomic mass is 16.2. The van der Waals surface area contributed by atoms with E-state index in [2.05, 4.69) is 24.3 Å². The molecule has 0 aliphatic carbocycles. The van der Waals surface area contributed by atoms with Crippen molar-refractivity contribution in [2.24, 2.45) is 0 Å². The molecule has 0 spiro atoms. The smallest absolute Gasteiger partial charge is 0.266 e. The van der Waals surface area contributed by atoms with E-state index < -0.39 is 0 Å². The van der Waals surface area contributed by atoms with Gasteiger partial charge in [0.1, 0.15) is 0 Å². The summed E-state index contributed by atoms with van der Waals surface area (Å²) >= 11 is 0. The lowest BCUT2D eigenvalue weighted by atomic mass is 9.84. The van der Waals surface area contributed by atoms with Gasteiger partial charge in [-0.2, -0.15) is 0 Å². The van der Waals surface area contributed by atoms with Crippen LogP contribution in [-0.2, 0) is 0 Å². The molecule has 6 heteroatoms. The van der Waals surface area contributed by atoms with Crippen molar-refractivity contribution in [2.45, 2.75) is 6.92 Å². The van der Waals surface area contributed by atoms with Crippen LogP contribution < -0.4 is 4.90 Å². The summed E-state index contributed by atoms with van der Waals surface area (Å²) in [5, 5.41) is 7.22.